The monoisotopic (exact) mass is 344 g/mol. The van der Waals surface area contributed by atoms with E-state index in [2.05, 4.69) is 13.8 Å². The Morgan fingerprint density at radius 1 is 1.08 bits per heavy atom. The van der Waals surface area contributed by atoms with Crippen molar-refractivity contribution in [3.8, 4) is 16.9 Å². The minimum absolute atomic E-state index is 0.0534. The molecule has 25 heavy (non-hydrogen) atoms. The second-order valence-corrected chi connectivity index (χ2v) is 6.70. The molecule has 2 rings (SSSR count). The number of benzene rings is 2. The summed E-state index contributed by atoms with van der Waals surface area (Å²) in [5.74, 6) is 0.302. The number of hydrogen-bond donors (Lipinski definition) is 1. The summed E-state index contributed by atoms with van der Waals surface area (Å²) in [5.41, 5.74) is 2.87. The number of methoxy groups -OCH3 is 2. The van der Waals surface area contributed by atoms with Crippen LogP contribution in [0.25, 0.3) is 11.1 Å². The molecule has 0 radical (unpaired) electrons. The van der Waals surface area contributed by atoms with Gasteiger partial charge in [0.25, 0.3) is 0 Å². The first-order chi connectivity index (χ1) is 11.9. The summed E-state index contributed by atoms with van der Waals surface area (Å²) in [7, 11) is 3.17. The van der Waals surface area contributed by atoms with E-state index in [0.29, 0.717) is 17.7 Å². The van der Waals surface area contributed by atoms with E-state index in [0.717, 1.165) is 16.7 Å². The van der Waals surface area contributed by atoms with Gasteiger partial charge < -0.3 is 14.6 Å². The number of halogens is 1. The van der Waals surface area contributed by atoms with Crippen LogP contribution in [0.2, 0.25) is 0 Å². The molecular formula is C21H25FO3. The Bertz CT molecular complexity index is 751. The summed E-state index contributed by atoms with van der Waals surface area (Å²) in [6, 6.07) is 10.3. The summed E-state index contributed by atoms with van der Waals surface area (Å²) in [6.07, 6.45) is 4.30. The van der Waals surface area contributed by atoms with Crippen LogP contribution in [-0.2, 0) is 17.8 Å². The Labute approximate surface area is 148 Å². The molecule has 0 aliphatic heterocycles. The Morgan fingerprint density at radius 2 is 1.84 bits per heavy atom. The second-order valence-electron chi connectivity index (χ2n) is 6.70. The SMILES string of the molecule is COC=CC(C)(C)Cc1cc(CO)ccc1-c1cc(OC)ccc1F. The van der Waals surface area contributed by atoms with Crippen molar-refractivity contribution < 1.29 is 19.0 Å². The fourth-order valence-corrected chi connectivity index (χ4v) is 2.79. The van der Waals surface area contributed by atoms with Crippen molar-refractivity contribution in [2.24, 2.45) is 5.41 Å². The standard InChI is InChI=1S/C21H25FO3/c1-21(2,9-10-24-3)13-16-11-15(14-23)5-7-18(16)19-12-17(25-4)6-8-20(19)22/h5-12,23H,13-14H2,1-4H3. The number of allylic oxidation sites excluding steroid dienone is 1. The highest BCUT2D eigenvalue weighted by atomic mass is 19.1. The Kier molecular flexibility index (Phi) is 6.21. The van der Waals surface area contributed by atoms with E-state index in [-0.39, 0.29) is 17.8 Å². The molecule has 0 aromatic heterocycles. The largest absolute Gasteiger partial charge is 0.505 e. The third kappa shape index (κ3) is 4.83. The average Bonchev–Trinajstić information content (AvgIpc) is 2.60. The molecule has 0 saturated carbocycles. The first-order valence-corrected chi connectivity index (χ1v) is 8.17. The summed E-state index contributed by atoms with van der Waals surface area (Å²) in [4.78, 5) is 0. The lowest BCUT2D eigenvalue weighted by Crippen LogP contribution is -2.13. The van der Waals surface area contributed by atoms with Crippen LogP contribution in [0.5, 0.6) is 5.75 Å². The Balaban J connectivity index is 2.54. The molecule has 3 nitrogen and oxygen atoms in total. The van der Waals surface area contributed by atoms with E-state index in [4.69, 9.17) is 9.47 Å². The predicted molar refractivity (Wildman–Crippen MR) is 97.9 cm³/mol. The molecule has 2 aromatic carbocycles. The fraction of sp³-hybridized carbons (Fsp3) is 0.333. The van der Waals surface area contributed by atoms with Crippen LogP contribution in [0.1, 0.15) is 25.0 Å². The van der Waals surface area contributed by atoms with Crippen LogP contribution in [0.3, 0.4) is 0 Å². The third-order valence-corrected chi connectivity index (χ3v) is 4.12. The van der Waals surface area contributed by atoms with Gasteiger partial charge in [-0.15, -0.1) is 0 Å². The molecular weight excluding hydrogens is 319 g/mol. The molecule has 4 heteroatoms. The topological polar surface area (TPSA) is 38.7 Å². The zero-order valence-corrected chi connectivity index (χ0v) is 15.2. The van der Waals surface area contributed by atoms with Crippen molar-refractivity contribution in [3.05, 3.63) is 65.7 Å². The van der Waals surface area contributed by atoms with Crippen LogP contribution in [0, 0.1) is 11.2 Å². The predicted octanol–water partition coefficient (Wildman–Crippen LogP) is 4.72. The van der Waals surface area contributed by atoms with Crippen LogP contribution in [-0.4, -0.2) is 19.3 Å². The third-order valence-electron chi connectivity index (χ3n) is 4.12. The molecule has 0 aliphatic carbocycles. The molecule has 0 atom stereocenters. The van der Waals surface area contributed by atoms with Crippen molar-refractivity contribution in [2.75, 3.05) is 14.2 Å². The normalized spacial score (nSPS) is 11.8. The first-order valence-electron chi connectivity index (χ1n) is 8.17. The number of rotatable bonds is 7. The molecule has 0 fully saturated rings. The summed E-state index contributed by atoms with van der Waals surface area (Å²) >= 11 is 0. The maximum atomic E-state index is 14.5. The molecule has 0 aliphatic rings. The van der Waals surface area contributed by atoms with E-state index in [9.17, 15) is 9.50 Å². The van der Waals surface area contributed by atoms with E-state index < -0.39 is 0 Å². The first kappa shape index (κ1) is 19.0. The van der Waals surface area contributed by atoms with Crippen LogP contribution in [0.15, 0.2) is 48.7 Å². The van der Waals surface area contributed by atoms with E-state index in [1.54, 1.807) is 32.6 Å². The maximum Gasteiger partial charge on any atom is 0.131 e. The molecule has 1 N–H and O–H groups in total. The van der Waals surface area contributed by atoms with Gasteiger partial charge in [0.15, 0.2) is 0 Å². The van der Waals surface area contributed by atoms with Gasteiger partial charge in [-0.05, 0) is 52.8 Å². The molecule has 134 valence electrons. The maximum absolute atomic E-state index is 14.5. The number of aliphatic hydroxyl groups excluding tert-OH is 1. The highest BCUT2D eigenvalue weighted by Crippen LogP contribution is 2.34. The van der Waals surface area contributed by atoms with Gasteiger partial charge in [-0.3, -0.25) is 0 Å². The van der Waals surface area contributed by atoms with Crippen molar-refractivity contribution >= 4 is 0 Å². The molecule has 0 unspecified atom stereocenters. The van der Waals surface area contributed by atoms with Crippen molar-refractivity contribution in [1.82, 2.24) is 0 Å². The van der Waals surface area contributed by atoms with Gasteiger partial charge in [-0.25, -0.2) is 4.39 Å². The highest BCUT2D eigenvalue weighted by Gasteiger charge is 2.20. The lowest BCUT2D eigenvalue weighted by molar-refractivity contribution is 0.281. The van der Waals surface area contributed by atoms with Crippen molar-refractivity contribution in [2.45, 2.75) is 26.9 Å². The number of aliphatic hydroxyl groups is 1. The molecule has 0 amide bonds. The van der Waals surface area contributed by atoms with E-state index in [1.807, 2.05) is 24.3 Å². The van der Waals surface area contributed by atoms with Gasteiger partial charge >= 0.3 is 0 Å². The van der Waals surface area contributed by atoms with Crippen molar-refractivity contribution in [1.29, 1.82) is 0 Å². The van der Waals surface area contributed by atoms with Gasteiger partial charge in [0, 0.05) is 5.56 Å². The molecule has 2 aromatic rings. The van der Waals surface area contributed by atoms with Crippen LogP contribution >= 0.6 is 0 Å². The zero-order valence-electron chi connectivity index (χ0n) is 15.2. The molecule has 0 spiro atoms. The fourth-order valence-electron chi connectivity index (χ4n) is 2.79. The number of ether oxygens (including phenoxy) is 2. The quantitative estimate of drug-likeness (QED) is 0.739. The minimum atomic E-state index is -0.302. The minimum Gasteiger partial charge on any atom is -0.505 e. The summed E-state index contributed by atoms with van der Waals surface area (Å²) < 4.78 is 24.7. The second kappa shape index (κ2) is 8.17. The van der Waals surface area contributed by atoms with Gasteiger partial charge in [0.05, 0.1) is 27.1 Å². The summed E-state index contributed by atoms with van der Waals surface area (Å²) in [5, 5.41) is 9.47. The van der Waals surface area contributed by atoms with E-state index >= 15 is 0 Å². The van der Waals surface area contributed by atoms with Gasteiger partial charge in [0.1, 0.15) is 11.6 Å². The number of hydrogen-bond acceptors (Lipinski definition) is 3. The van der Waals surface area contributed by atoms with Gasteiger partial charge in [-0.1, -0.05) is 32.0 Å². The molecule has 0 heterocycles. The zero-order chi connectivity index (χ0) is 18.4. The van der Waals surface area contributed by atoms with E-state index in [1.165, 1.54) is 6.07 Å². The van der Waals surface area contributed by atoms with Crippen molar-refractivity contribution in [3.63, 3.8) is 0 Å². The van der Waals surface area contributed by atoms with Gasteiger partial charge in [-0.2, -0.15) is 0 Å². The highest BCUT2D eigenvalue weighted by molar-refractivity contribution is 5.70. The lowest BCUT2D eigenvalue weighted by Gasteiger charge is -2.23. The Hall–Kier alpha value is -2.33. The Morgan fingerprint density at radius 3 is 2.48 bits per heavy atom. The van der Waals surface area contributed by atoms with Crippen LogP contribution < -0.4 is 4.74 Å². The van der Waals surface area contributed by atoms with Crippen LogP contribution in [0.4, 0.5) is 4.39 Å². The lowest BCUT2D eigenvalue weighted by atomic mass is 9.82. The smallest absolute Gasteiger partial charge is 0.131 e. The molecule has 0 bridgehead atoms. The molecule has 0 saturated heterocycles. The summed E-state index contributed by atoms with van der Waals surface area (Å²) in [6.45, 7) is 4.11. The van der Waals surface area contributed by atoms with Gasteiger partial charge in [0.2, 0.25) is 0 Å². The average molecular weight is 344 g/mol.